The van der Waals surface area contributed by atoms with Crippen molar-refractivity contribution in [2.75, 3.05) is 0 Å². The topological polar surface area (TPSA) is 43.6 Å². The summed E-state index contributed by atoms with van der Waals surface area (Å²) < 4.78 is 89.8. The predicted octanol–water partition coefficient (Wildman–Crippen LogP) is 12.6. The van der Waals surface area contributed by atoms with Crippen molar-refractivity contribution >= 4 is 74.9 Å². The Labute approximate surface area is 317 Å². The molecule has 0 atom stereocenters. The van der Waals surface area contributed by atoms with Gasteiger partial charge in [0.25, 0.3) is 0 Å². The van der Waals surface area contributed by atoms with Gasteiger partial charge in [0.1, 0.15) is 0 Å². The molecule has 3 aromatic heterocycles. The van der Waals surface area contributed by atoms with Crippen LogP contribution in [0.2, 0.25) is 0 Å². The van der Waals surface area contributed by atoms with Gasteiger partial charge in [0, 0.05) is 53.0 Å². The van der Waals surface area contributed by atoms with Gasteiger partial charge in [-0.2, -0.15) is 0 Å². The summed E-state index contributed by atoms with van der Waals surface area (Å²) in [6.07, 6.45) is 0. The minimum Gasteiger partial charge on any atom is -0.308 e. The fourth-order valence-corrected chi connectivity index (χ4v) is 8.63. The van der Waals surface area contributed by atoms with Crippen molar-refractivity contribution in [1.29, 1.82) is 0 Å². The van der Waals surface area contributed by atoms with E-state index in [1.54, 1.807) is 11.3 Å². The van der Waals surface area contributed by atoms with Crippen molar-refractivity contribution < 1.29 is 13.7 Å². The third-order valence-electron chi connectivity index (χ3n) is 9.58. The molecule has 242 valence electrons. The molecule has 0 fully saturated rings. The Morgan fingerprint density at radius 2 is 0.962 bits per heavy atom. The van der Waals surface area contributed by atoms with E-state index in [0.29, 0.717) is 5.56 Å². The second-order valence-electron chi connectivity index (χ2n) is 12.4. The zero-order chi connectivity index (χ0) is 42.9. The number of aromatic nitrogens is 4. The monoisotopic (exact) mass is 690 g/mol. The molecule has 11 aromatic rings. The van der Waals surface area contributed by atoms with Crippen LogP contribution < -0.4 is 0 Å². The van der Waals surface area contributed by atoms with Crippen LogP contribution in [-0.4, -0.2) is 19.5 Å². The minimum atomic E-state index is -0.604. The van der Waals surface area contributed by atoms with Crippen molar-refractivity contribution in [3.8, 4) is 39.9 Å². The number of benzene rings is 8. The van der Waals surface area contributed by atoms with Gasteiger partial charge >= 0.3 is 0 Å². The van der Waals surface area contributed by atoms with Crippen LogP contribution in [0.5, 0.6) is 0 Å². The SMILES string of the molecule is [2H]c1c([2H])c([2H])c(-c2nc(-c3cc(-n4c5ccccc5c5c6ccccc6c6ccccc6c54)c4c(c3)sc3ccccc34)nc(-c3c([2H])c([2H])c([2H])c([2H])c3[2H])n2)c([2H])c1[2H]. The summed E-state index contributed by atoms with van der Waals surface area (Å²) in [5.74, 6) is -0.637. The summed E-state index contributed by atoms with van der Waals surface area (Å²) >= 11 is 1.58. The Bertz CT molecular complexity index is 3640. The molecule has 0 spiro atoms. The highest BCUT2D eigenvalue weighted by Crippen LogP contribution is 2.46. The highest BCUT2D eigenvalue weighted by Gasteiger charge is 2.23. The zero-order valence-electron chi connectivity index (χ0n) is 37.1. The molecule has 0 saturated heterocycles. The normalized spacial score (nSPS) is 14.5. The summed E-state index contributed by atoms with van der Waals surface area (Å²) in [6, 6.07) is 31.2. The number of rotatable bonds is 4. The van der Waals surface area contributed by atoms with E-state index in [4.69, 9.17) is 23.7 Å². The number of thiophene rings is 1. The second kappa shape index (κ2) is 11.4. The Hall–Kier alpha value is -6.69. The van der Waals surface area contributed by atoms with Gasteiger partial charge in [-0.3, -0.25) is 0 Å². The van der Waals surface area contributed by atoms with Crippen LogP contribution in [0.15, 0.2) is 170 Å². The lowest BCUT2D eigenvalue weighted by atomic mass is 9.97. The summed E-state index contributed by atoms with van der Waals surface area (Å²) in [7, 11) is 0. The molecule has 3 heterocycles. The first kappa shape index (κ1) is 20.9. The largest absolute Gasteiger partial charge is 0.308 e. The number of nitrogens with zero attached hydrogens (tertiary/aromatic N) is 4. The van der Waals surface area contributed by atoms with E-state index in [-0.39, 0.29) is 28.6 Å². The van der Waals surface area contributed by atoms with Crippen LogP contribution in [0.1, 0.15) is 13.7 Å². The predicted molar refractivity (Wildman–Crippen MR) is 218 cm³/mol. The van der Waals surface area contributed by atoms with Gasteiger partial charge in [-0.15, -0.1) is 11.3 Å². The van der Waals surface area contributed by atoms with E-state index < -0.39 is 60.4 Å². The van der Waals surface area contributed by atoms with Gasteiger partial charge in [0.05, 0.1) is 30.4 Å². The number of para-hydroxylation sites is 1. The number of hydrogen-bond donors (Lipinski definition) is 0. The van der Waals surface area contributed by atoms with Crippen molar-refractivity contribution in [3.63, 3.8) is 0 Å². The summed E-state index contributed by atoms with van der Waals surface area (Å²) in [4.78, 5) is 14.1. The van der Waals surface area contributed by atoms with Crippen LogP contribution in [0.25, 0.3) is 103 Å². The fraction of sp³-hybridized carbons (Fsp3) is 0. The molecule has 4 nitrogen and oxygen atoms in total. The second-order valence-corrected chi connectivity index (χ2v) is 13.5. The number of fused-ring (bicyclic) bond motifs is 11. The molecule has 0 aliphatic carbocycles. The quantitative estimate of drug-likeness (QED) is 0.173. The standard InChI is InChI=1S/C47H28N4S/c1-3-15-29(16-4-1)45-48-46(30-17-5-2-6-18-30)50-47(49-45)31-27-39(43-37-24-12-14-26-40(37)52-41(43)28-31)51-38-25-13-11-23-36(38)42-34-21-9-7-19-32(34)33-20-8-10-22-35(33)44(42)51/h1-28H/i1D,2D,3D,4D,5D,6D,15D,16D,17D,18D. The lowest BCUT2D eigenvalue weighted by Gasteiger charge is -2.15. The van der Waals surface area contributed by atoms with Crippen LogP contribution in [0.4, 0.5) is 0 Å². The maximum Gasteiger partial charge on any atom is 0.164 e. The van der Waals surface area contributed by atoms with Gasteiger partial charge in [-0.05, 0) is 40.4 Å². The van der Waals surface area contributed by atoms with E-state index in [1.807, 2.05) is 48.5 Å². The van der Waals surface area contributed by atoms with Crippen molar-refractivity contribution in [1.82, 2.24) is 19.5 Å². The highest BCUT2D eigenvalue weighted by atomic mass is 32.1. The van der Waals surface area contributed by atoms with Gasteiger partial charge < -0.3 is 4.57 Å². The molecule has 0 unspecified atom stereocenters. The summed E-state index contributed by atoms with van der Waals surface area (Å²) in [5.41, 5.74) is 2.56. The summed E-state index contributed by atoms with van der Waals surface area (Å²) in [6.45, 7) is 0. The smallest absolute Gasteiger partial charge is 0.164 e. The lowest BCUT2D eigenvalue weighted by Crippen LogP contribution is -2.01. The molecule has 5 heteroatoms. The third-order valence-corrected chi connectivity index (χ3v) is 10.7. The van der Waals surface area contributed by atoms with Crippen LogP contribution in [0, 0.1) is 0 Å². The zero-order valence-corrected chi connectivity index (χ0v) is 27.9. The first-order chi connectivity index (χ1) is 29.9. The molecule has 8 aromatic carbocycles. The molecule has 0 radical (unpaired) electrons. The Balaban J connectivity index is 1.31. The van der Waals surface area contributed by atoms with Gasteiger partial charge in [-0.1, -0.05) is 145 Å². The Kier molecular flexibility index (Phi) is 4.58. The Morgan fingerprint density at radius 3 is 1.63 bits per heavy atom. The van der Waals surface area contributed by atoms with Crippen molar-refractivity contribution in [3.05, 3.63) is 170 Å². The van der Waals surface area contributed by atoms with Crippen LogP contribution in [0.3, 0.4) is 0 Å². The maximum atomic E-state index is 8.85. The molecule has 0 amide bonds. The lowest BCUT2D eigenvalue weighted by molar-refractivity contribution is 1.07. The molecular formula is C47H28N4S. The van der Waals surface area contributed by atoms with Gasteiger partial charge in [0.15, 0.2) is 17.5 Å². The molecule has 0 bridgehead atoms. The van der Waals surface area contributed by atoms with Crippen LogP contribution in [-0.2, 0) is 0 Å². The van der Waals surface area contributed by atoms with E-state index in [1.165, 1.54) is 0 Å². The van der Waals surface area contributed by atoms with E-state index in [9.17, 15) is 0 Å². The van der Waals surface area contributed by atoms with E-state index >= 15 is 0 Å². The van der Waals surface area contributed by atoms with Gasteiger partial charge in [-0.25, -0.2) is 15.0 Å². The van der Waals surface area contributed by atoms with E-state index in [2.05, 4.69) is 70.2 Å². The van der Waals surface area contributed by atoms with Crippen molar-refractivity contribution in [2.24, 2.45) is 0 Å². The maximum absolute atomic E-state index is 8.85. The molecule has 0 N–H and O–H groups in total. The first-order valence-corrected chi connectivity index (χ1v) is 17.5. The summed E-state index contributed by atoms with van der Waals surface area (Å²) in [5, 5.41) is 8.50. The Morgan fingerprint density at radius 1 is 0.442 bits per heavy atom. The minimum absolute atomic E-state index is 0.000281. The van der Waals surface area contributed by atoms with Crippen molar-refractivity contribution in [2.45, 2.75) is 0 Å². The average Bonchev–Trinajstić information content (AvgIpc) is 3.85. The fourth-order valence-electron chi connectivity index (χ4n) is 7.47. The molecular weight excluding hydrogens is 653 g/mol. The first-order valence-electron chi connectivity index (χ1n) is 21.6. The third kappa shape index (κ3) is 4.36. The highest BCUT2D eigenvalue weighted by molar-refractivity contribution is 7.26. The van der Waals surface area contributed by atoms with Crippen LogP contribution >= 0.6 is 11.3 Å². The molecule has 0 saturated carbocycles. The number of hydrogen-bond acceptors (Lipinski definition) is 4. The molecule has 11 rings (SSSR count). The molecule has 0 aliphatic heterocycles. The molecule has 52 heavy (non-hydrogen) atoms. The molecule has 0 aliphatic rings. The van der Waals surface area contributed by atoms with Gasteiger partial charge in [0.2, 0.25) is 0 Å². The van der Waals surface area contributed by atoms with E-state index in [0.717, 1.165) is 69.2 Å². The average molecular weight is 691 g/mol.